The van der Waals surface area contributed by atoms with Crippen LogP contribution in [-0.4, -0.2) is 30.1 Å². The van der Waals surface area contributed by atoms with Crippen molar-refractivity contribution in [1.82, 2.24) is 9.47 Å². The number of hydrogen-bond acceptors (Lipinski definition) is 4. The highest BCUT2D eigenvalue weighted by Crippen LogP contribution is 2.21. The molecular formula is C12H17N3O2. The third kappa shape index (κ3) is 1.99. The Morgan fingerprint density at radius 2 is 2.18 bits per heavy atom. The van der Waals surface area contributed by atoms with E-state index >= 15 is 0 Å². The van der Waals surface area contributed by atoms with Crippen LogP contribution < -0.4 is 11.5 Å². The first kappa shape index (κ1) is 11.9. The Morgan fingerprint density at radius 3 is 2.76 bits per heavy atom. The van der Waals surface area contributed by atoms with Gasteiger partial charge in [-0.3, -0.25) is 4.57 Å². The first-order valence-corrected chi connectivity index (χ1v) is 5.50. The summed E-state index contributed by atoms with van der Waals surface area (Å²) in [6, 6.07) is 5.88. The standard InChI is InChI=1S/C12H17N3O2/c1-14(2)10(7-13)8-4-5-9-11(6-8)17-12(16)15(9)3/h4-6,10H,7,13H2,1-3H3. The minimum atomic E-state index is -0.341. The third-order valence-corrected chi connectivity index (χ3v) is 3.05. The zero-order valence-corrected chi connectivity index (χ0v) is 10.3. The second-order valence-corrected chi connectivity index (χ2v) is 4.37. The summed E-state index contributed by atoms with van der Waals surface area (Å²) in [4.78, 5) is 13.4. The van der Waals surface area contributed by atoms with E-state index in [-0.39, 0.29) is 11.8 Å². The van der Waals surface area contributed by atoms with Crippen molar-refractivity contribution in [2.75, 3.05) is 20.6 Å². The molecule has 2 rings (SSSR count). The average Bonchev–Trinajstić information content (AvgIpc) is 2.55. The number of hydrogen-bond donors (Lipinski definition) is 1. The Bertz CT molecular complexity index is 583. The normalized spacial score (nSPS) is 13.5. The molecule has 1 aromatic carbocycles. The number of aromatic nitrogens is 1. The van der Waals surface area contributed by atoms with Crippen molar-refractivity contribution in [3.05, 3.63) is 34.3 Å². The molecule has 2 N–H and O–H groups in total. The summed E-state index contributed by atoms with van der Waals surface area (Å²) in [5, 5.41) is 0. The molecule has 0 fully saturated rings. The fourth-order valence-electron chi connectivity index (χ4n) is 2.00. The Labute approximate surface area is 99.4 Å². The van der Waals surface area contributed by atoms with Gasteiger partial charge in [-0.1, -0.05) is 6.07 Å². The number of benzene rings is 1. The second kappa shape index (κ2) is 4.35. The number of oxazole rings is 1. The summed E-state index contributed by atoms with van der Waals surface area (Å²) in [6.45, 7) is 0.523. The molecule has 5 heteroatoms. The number of rotatable bonds is 3. The SMILES string of the molecule is CN(C)C(CN)c1ccc2c(c1)oc(=O)n2C. The molecule has 0 saturated heterocycles. The van der Waals surface area contributed by atoms with Gasteiger partial charge in [0.1, 0.15) is 0 Å². The molecule has 1 atom stereocenters. The van der Waals surface area contributed by atoms with Crippen molar-refractivity contribution in [3.63, 3.8) is 0 Å². The fourth-order valence-corrected chi connectivity index (χ4v) is 2.00. The van der Waals surface area contributed by atoms with Crippen LogP contribution in [0.3, 0.4) is 0 Å². The maximum atomic E-state index is 11.4. The summed E-state index contributed by atoms with van der Waals surface area (Å²) >= 11 is 0. The molecule has 0 amide bonds. The van der Waals surface area contributed by atoms with Crippen LogP contribution in [-0.2, 0) is 7.05 Å². The van der Waals surface area contributed by atoms with E-state index in [0.717, 1.165) is 11.1 Å². The maximum absolute atomic E-state index is 11.4. The molecule has 17 heavy (non-hydrogen) atoms. The molecule has 0 aliphatic carbocycles. The van der Waals surface area contributed by atoms with Crippen LogP contribution in [0, 0.1) is 0 Å². The van der Waals surface area contributed by atoms with Crippen molar-refractivity contribution >= 4 is 11.1 Å². The van der Waals surface area contributed by atoms with Crippen LogP contribution in [0.2, 0.25) is 0 Å². The highest BCUT2D eigenvalue weighted by Gasteiger charge is 2.14. The van der Waals surface area contributed by atoms with E-state index in [9.17, 15) is 4.79 Å². The first-order chi connectivity index (χ1) is 8.04. The summed E-state index contributed by atoms with van der Waals surface area (Å²) in [7, 11) is 5.64. The number of fused-ring (bicyclic) bond motifs is 1. The number of likely N-dealkylation sites (N-methyl/N-ethyl adjacent to an activating group) is 1. The molecule has 0 saturated carbocycles. The van der Waals surface area contributed by atoms with Gasteiger partial charge < -0.3 is 15.1 Å². The topological polar surface area (TPSA) is 64.4 Å². The van der Waals surface area contributed by atoms with Gasteiger partial charge in [0.15, 0.2) is 5.58 Å². The monoisotopic (exact) mass is 235 g/mol. The molecule has 0 aliphatic heterocycles. The molecular weight excluding hydrogens is 218 g/mol. The van der Waals surface area contributed by atoms with Gasteiger partial charge in [-0.15, -0.1) is 0 Å². The second-order valence-electron chi connectivity index (χ2n) is 4.37. The maximum Gasteiger partial charge on any atom is 0.419 e. The minimum absolute atomic E-state index is 0.130. The fraction of sp³-hybridized carbons (Fsp3) is 0.417. The van der Waals surface area contributed by atoms with Crippen molar-refractivity contribution in [2.24, 2.45) is 12.8 Å². The van der Waals surface area contributed by atoms with Gasteiger partial charge in [0, 0.05) is 19.6 Å². The molecule has 5 nitrogen and oxygen atoms in total. The largest absolute Gasteiger partial charge is 0.419 e. The lowest BCUT2D eigenvalue weighted by molar-refractivity contribution is 0.306. The predicted molar refractivity (Wildman–Crippen MR) is 66.9 cm³/mol. The molecule has 2 aromatic rings. The average molecular weight is 235 g/mol. The summed E-state index contributed by atoms with van der Waals surface area (Å²) in [5.74, 6) is -0.341. The van der Waals surface area contributed by atoms with Crippen molar-refractivity contribution < 1.29 is 4.42 Å². The van der Waals surface area contributed by atoms with Gasteiger partial charge in [-0.2, -0.15) is 0 Å². The van der Waals surface area contributed by atoms with Gasteiger partial charge in [0.05, 0.1) is 5.52 Å². The Balaban J connectivity index is 2.54. The van der Waals surface area contributed by atoms with E-state index in [1.807, 2.05) is 37.2 Å². The van der Waals surface area contributed by atoms with E-state index in [2.05, 4.69) is 0 Å². The molecule has 1 aromatic heterocycles. The Kier molecular flexibility index (Phi) is 3.04. The summed E-state index contributed by atoms with van der Waals surface area (Å²) in [5.41, 5.74) is 8.21. The molecule has 0 bridgehead atoms. The smallest absolute Gasteiger partial charge is 0.408 e. The quantitative estimate of drug-likeness (QED) is 0.850. The van der Waals surface area contributed by atoms with E-state index in [1.165, 1.54) is 4.57 Å². The molecule has 1 unspecified atom stereocenters. The van der Waals surface area contributed by atoms with Crippen LogP contribution >= 0.6 is 0 Å². The van der Waals surface area contributed by atoms with Crippen LogP contribution in [0.4, 0.5) is 0 Å². The van der Waals surface area contributed by atoms with Crippen LogP contribution in [0.15, 0.2) is 27.4 Å². The van der Waals surface area contributed by atoms with Gasteiger partial charge in [0.2, 0.25) is 0 Å². The predicted octanol–water partition coefficient (Wildman–Crippen LogP) is 0.693. The van der Waals surface area contributed by atoms with Gasteiger partial charge in [0.25, 0.3) is 0 Å². The highest BCUT2D eigenvalue weighted by molar-refractivity contribution is 5.73. The van der Waals surface area contributed by atoms with E-state index in [1.54, 1.807) is 7.05 Å². The zero-order valence-electron chi connectivity index (χ0n) is 10.3. The van der Waals surface area contributed by atoms with Crippen molar-refractivity contribution in [2.45, 2.75) is 6.04 Å². The lowest BCUT2D eigenvalue weighted by Gasteiger charge is -2.22. The van der Waals surface area contributed by atoms with E-state index in [4.69, 9.17) is 10.2 Å². The Hall–Kier alpha value is -1.59. The molecule has 1 heterocycles. The van der Waals surface area contributed by atoms with Crippen molar-refractivity contribution in [3.8, 4) is 0 Å². The van der Waals surface area contributed by atoms with E-state index < -0.39 is 0 Å². The Morgan fingerprint density at radius 1 is 1.47 bits per heavy atom. The lowest BCUT2D eigenvalue weighted by Crippen LogP contribution is -2.27. The number of nitrogens with zero attached hydrogens (tertiary/aromatic N) is 2. The molecule has 0 spiro atoms. The van der Waals surface area contributed by atoms with Gasteiger partial charge in [-0.05, 0) is 31.8 Å². The third-order valence-electron chi connectivity index (χ3n) is 3.05. The molecule has 0 aliphatic rings. The van der Waals surface area contributed by atoms with Gasteiger partial charge >= 0.3 is 5.76 Å². The van der Waals surface area contributed by atoms with Crippen LogP contribution in [0.1, 0.15) is 11.6 Å². The van der Waals surface area contributed by atoms with Crippen LogP contribution in [0.5, 0.6) is 0 Å². The van der Waals surface area contributed by atoms with Gasteiger partial charge in [-0.25, -0.2) is 4.79 Å². The number of nitrogens with two attached hydrogens (primary N) is 1. The molecule has 92 valence electrons. The molecule has 0 radical (unpaired) electrons. The first-order valence-electron chi connectivity index (χ1n) is 5.50. The summed E-state index contributed by atoms with van der Waals surface area (Å²) in [6.07, 6.45) is 0. The number of aryl methyl sites for hydroxylation is 1. The van der Waals surface area contributed by atoms with E-state index in [0.29, 0.717) is 12.1 Å². The van der Waals surface area contributed by atoms with Crippen molar-refractivity contribution in [1.29, 1.82) is 0 Å². The zero-order chi connectivity index (χ0) is 12.6. The summed E-state index contributed by atoms with van der Waals surface area (Å²) < 4.78 is 6.65. The lowest BCUT2D eigenvalue weighted by atomic mass is 10.1. The van der Waals surface area contributed by atoms with Crippen LogP contribution in [0.25, 0.3) is 11.1 Å². The highest BCUT2D eigenvalue weighted by atomic mass is 16.4. The minimum Gasteiger partial charge on any atom is -0.408 e.